The SMILES string of the molecule is CC(=O)c1c(P(=O)(c2ccccc2)c2ccccc2)c(C)n(N)c1C. The molecular formula is C20H21N2O2P. The molecule has 0 spiro atoms. The number of nitrogen functional groups attached to an aromatic ring is 1. The fourth-order valence-corrected chi connectivity index (χ4v) is 6.52. The summed E-state index contributed by atoms with van der Waals surface area (Å²) >= 11 is 0. The van der Waals surface area contributed by atoms with Crippen molar-refractivity contribution in [1.82, 2.24) is 4.68 Å². The monoisotopic (exact) mass is 352 g/mol. The van der Waals surface area contributed by atoms with Crippen molar-refractivity contribution in [3.8, 4) is 0 Å². The van der Waals surface area contributed by atoms with E-state index in [9.17, 15) is 9.36 Å². The fourth-order valence-electron chi connectivity index (χ4n) is 3.33. The molecule has 0 unspecified atom stereocenters. The van der Waals surface area contributed by atoms with Crippen molar-refractivity contribution in [2.45, 2.75) is 20.8 Å². The van der Waals surface area contributed by atoms with Gasteiger partial charge in [0.1, 0.15) is 0 Å². The predicted octanol–water partition coefficient (Wildman–Crippen LogP) is 2.66. The Morgan fingerprint density at radius 3 is 1.72 bits per heavy atom. The molecule has 0 radical (unpaired) electrons. The Kier molecular flexibility index (Phi) is 4.40. The number of nitrogens with zero attached hydrogens (tertiary/aromatic N) is 1. The average molecular weight is 352 g/mol. The molecule has 128 valence electrons. The van der Waals surface area contributed by atoms with Gasteiger partial charge in [0.2, 0.25) is 0 Å². The summed E-state index contributed by atoms with van der Waals surface area (Å²) in [5.74, 6) is 6.00. The minimum atomic E-state index is -3.23. The summed E-state index contributed by atoms with van der Waals surface area (Å²) in [6, 6.07) is 18.6. The van der Waals surface area contributed by atoms with Gasteiger partial charge in [-0.1, -0.05) is 60.7 Å². The molecule has 3 rings (SSSR count). The van der Waals surface area contributed by atoms with E-state index in [1.54, 1.807) is 6.92 Å². The first-order valence-electron chi connectivity index (χ1n) is 8.08. The number of aromatic nitrogens is 1. The van der Waals surface area contributed by atoms with Crippen LogP contribution in [-0.4, -0.2) is 10.5 Å². The van der Waals surface area contributed by atoms with Crippen molar-refractivity contribution < 1.29 is 9.36 Å². The molecule has 0 aliphatic rings. The van der Waals surface area contributed by atoms with Gasteiger partial charge in [-0.05, 0) is 20.8 Å². The van der Waals surface area contributed by atoms with Gasteiger partial charge in [-0.15, -0.1) is 0 Å². The van der Waals surface area contributed by atoms with Crippen LogP contribution >= 0.6 is 7.14 Å². The molecular weight excluding hydrogens is 331 g/mol. The fraction of sp³-hybridized carbons (Fsp3) is 0.150. The predicted molar refractivity (Wildman–Crippen MR) is 103 cm³/mol. The molecule has 0 bridgehead atoms. The molecule has 4 nitrogen and oxygen atoms in total. The van der Waals surface area contributed by atoms with E-state index in [2.05, 4.69) is 0 Å². The Hall–Kier alpha value is -2.58. The van der Waals surface area contributed by atoms with Gasteiger partial charge in [0.25, 0.3) is 0 Å². The summed E-state index contributed by atoms with van der Waals surface area (Å²) in [6.45, 7) is 5.09. The van der Waals surface area contributed by atoms with Crippen LogP contribution in [0.2, 0.25) is 0 Å². The van der Waals surface area contributed by atoms with Crippen molar-refractivity contribution in [3.63, 3.8) is 0 Å². The van der Waals surface area contributed by atoms with Crippen LogP contribution in [0.4, 0.5) is 0 Å². The van der Waals surface area contributed by atoms with Crippen LogP contribution in [0, 0.1) is 13.8 Å². The highest BCUT2D eigenvalue weighted by Crippen LogP contribution is 2.45. The lowest BCUT2D eigenvalue weighted by atomic mass is 10.2. The lowest BCUT2D eigenvalue weighted by Crippen LogP contribution is -2.29. The zero-order chi connectivity index (χ0) is 18.2. The minimum Gasteiger partial charge on any atom is -0.339 e. The number of hydrogen-bond donors (Lipinski definition) is 1. The Labute approximate surface area is 147 Å². The summed E-state index contributed by atoms with van der Waals surface area (Å²) < 4.78 is 16.0. The van der Waals surface area contributed by atoms with E-state index >= 15 is 0 Å². The topological polar surface area (TPSA) is 65.1 Å². The highest BCUT2D eigenvalue weighted by molar-refractivity contribution is 7.85. The van der Waals surface area contributed by atoms with E-state index in [0.717, 1.165) is 0 Å². The number of nitrogens with two attached hydrogens (primary N) is 1. The van der Waals surface area contributed by atoms with E-state index < -0.39 is 7.14 Å². The molecule has 1 heterocycles. The largest absolute Gasteiger partial charge is 0.339 e. The molecule has 25 heavy (non-hydrogen) atoms. The highest BCUT2D eigenvalue weighted by Gasteiger charge is 2.37. The van der Waals surface area contributed by atoms with E-state index in [1.807, 2.05) is 67.6 Å². The van der Waals surface area contributed by atoms with Gasteiger partial charge in [0.15, 0.2) is 12.9 Å². The third kappa shape index (κ3) is 2.63. The molecule has 3 aromatic rings. The number of carbonyl (C=O) groups excluding carboxylic acids is 1. The van der Waals surface area contributed by atoms with Crippen LogP contribution < -0.4 is 21.8 Å². The molecule has 0 amide bonds. The molecule has 2 N–H and O–H groups in total. The summed E-state index contributed by atoms with van der Waals surface area (Å²) in [7, 11) is -3.23. The van der Waals surface area contributed by atoms with Crippen molar-refractivity contribution in [3.05, 3.63) is 77.6 Å². The standard InChI is InChI=1S/C20H21N2O2P/c1-14-19(16(3)23)20(15(2)22(14)21)25(24,17-10-6-4-7-11-17)18-12-8-5-9-13-18/h4-13H,21H2,1-3H3. The summed E-state index contributed by atoms with van der Waals surface area (Å²) in [4.78, 5) is 12.4. The van der Waals surface area contributed by atoms with E-state index in [-0.39, 0.29) is 5.78 Å². The lowest BCUT2D eigenvalue weighted by Gasteiger charge is -2.21. The lowest BCUT2D eigenvalue weighted by molar-refractivity contribution is 0.101. The third-order valence-electron chi connectivity index (χ3n) is 4.57. The third-order valence-corrected chi connectivity index (χ3v) is 7.80. The maximum absolute atomic E-state index is 14.5. The number of benzene rings is 2. The number of carbonyl (C=O) groups is 1. The molecule has 0 fully saturated rings. The van der Waals surface area contributed by atoms with Crippen molar-refractivity contribution in [1.29, 1.82) is 0 Å². The molecule has 0 saturated heterocycles. The second-order valence-corrected chi connectivity index (χ2v) is 8.80. The van der Waals surface area contributed by atoms with Gasteiger partial charge in [-0.2, -0.15) is 0 Å². The molecule has 0 aliphatic heterocycles. The second-order valence-electron chi connectivity index (χ2n) is 6.10. The van der Waals surface area contributed by atoms with Gasteiger partial charge >= 0.3 is 0 Å². The maximum atomic E-state index is 14.5. The van der Waals surface area contributed by atoms with Crippen LogP contribution in [0.25, 0.3) is 0 Å². The van der Waals surface area contributed by atoms with E-state index in [1.165, 1.54) is 11.6 Å². The zero-order valence-corrected chi connectivity index (χ0v) is 15.5. The molecule has 1 aromatic heterocycles. The van der Waals surface area contributed by atoms with Crippen LogP contribution in [0.15, 0.2) is 60.7 Å². The van der Waals surface area contributed by atoms with Crippen LogP contribution in [0.1, 0.15) is 28.7 Å². The minimum absolute atomic E-state index is 0.133. The summed E-state index contributed by atoms with van der Waals surface area (Å²) in [5.41, 5.74) is 1.74. The smallest absolute Gasteiger partial charge is 0.173 e. The van der Waals surface area contributed by atoms with Crippen molar-refractivity contribution in [2.24, 2.45) is 0 Å². The zero-order valence-electron chi connectivity index (χ0n) is 14.6. The van der Waals surface area contributed by atoms with Crippen LogP contribution in [0.5, 0.6) is 0 Å². The molecule has 5 heteroatoms. The maximum Gasteiger partial charge on any atom is 0.173 e. The van der Waals surface area contributed by atoms with Crippen molar-refractivity contribution >= 4 is 28.8 Å². The first kappa shape index (κ1) is 17.2. The summed E-state index contributed by atoms with van der Waals surface area (Å²) in [5, 5.41) is 1.92. The summed E-state index contributed by atoms with van der Waals surface area (Å²) in [6.07, 6.45) is 0. The molecule has 0 saturated carbocycles. The Morgan fingerprint density at radius 2 is 1.32 bits per heavy atom. The van der Waals surface area contributed by atoms with Gasteiger partial charge in [0.05, 0.1) is 10.9 Å². The Morgan fingerprint density at radius 1 is 0.880 bits per heavy atom. The Bertz CT molecular complexity index is 932. The highest BCUT2D eigenvalue weighted by atomic mass is 31.2. The number of ketones is 1. The van der Waals surface area contributed by atoms with Crippen LogP contribution in [0.3, 0.4) is 0 Å². The van der Waals surface area contributed by atoms with Gasteiger partial charge in [-0.25, -0.2) is 0 Å². The number of hydrogen-bond acceptors (Lipinski definition) is 3. The van der Waals surface area contributed by atoms with Gasteiger partial charge < -0.3 is 10.4 Å². The Balaban J connectivity index is 2.46. The van der Waals surface area contributed by atoms with E-state index in [4.69, 9.17) is 5.84 Å². The van der Waals surface area contributed by atoms with E-state index in [0.29, 0.717) is 32.9 Å². The second kappa shape index (κ2) is 6.38. The molecule has 2 aromatic carbocycles. The van der Waals surface area contributed by atoms with Crippen molar-refractivity contribution in [2.75, 3.05) is 5.84 Å². The molecule has 0 aliphatic carbocycles. The number of Topliss-reactive ketones (excluding diaryl/α,β-unsaturated/α-hetero) is 1. The normalized spacial score (nSPS) is 11.5. The van der Waals surface area contributed by atoms with Crippen LogP contribution in [-0.2, 0) is 4.57 Å². The molecule has 0 atom stereocenters. The first-order chi connectivity index (χ1) is 11.9. The first-order valence-corrected chi connectivity index (χ1v) is 9.79. The average Bonchev–Trinajstić information content (AvgIpc) is 2.87. The quantitative estimate of drug-likeness (QED) is 0.446. The van der Waals surface area contributed by atoms with Gasteiger partial charge in [0, 0.05) is 22.0 Å². The van der Waals surface area contributed by atoms with Gasteiger partial charge in [-0.3, -0.25) is 9.47 Å². The number of rotatable bonds is 4.